The highest BCUT2D eigenvalue weighted by Crippen LogP contribution is 2.23. The van der Waals surface area contributed by atoms with Crippen LogP contribution in [0.4, 0.5) is 5.69 Å². The van der Waals surface area contributed by atoms with E-state index >= 15 is 0 Å². The lowest BCUT2D eigenvalue weighted by molar-refractivity contribution is 0.373. The Hall–Kier alpha value is -1.02. The molecule has 1 aromatic rings. The minimum Gasteiger partial charge on any atom is -0.382 e. The number of nitrogens with one attached hydrogen (secondary N) is 1. The van der Waals surface area contributed by atoms with Crippen LogP contribution in [0.3, 0.4) is 0 Å². The van der Waals surface area contributed by atoms with Crippen molar-refractivity contribution in [1.29, 1.82) is 0 Å². The first-order valence-electron chi connectivity index (χ1n) is 5.39. The molecule has 0 heterocycles. The summed E-state index contributed by atoms with van der Waals surface area (Å²) >= 11 is 0. The molecule has 2 nitrogen and oxygen atoms in total. The van der Waals surface area contributed by atoms with E-state index in [1.165, 1.54) is 11.3 Å². The van der Waals surface area contributed by atoms with E-state index in [0.717, 1.165) is 19.3 Å². The van der Waals surface area contributed by atoms with Crippen molar-refractivity contribution in [1.82, 2.24) is 0 Å². The van der Waals surface area contributed by atoms with Gasteiger partial charge in [-0.25, -0.2) is 0 Å². The first-order chi connectivity index (χ1) is 6.78. The second-order valence-corrected chi connectivity index (χ2v) is 4.13. The lowest BCUT2D eigenvalue weighted by Gasteiger charge is -2.33. The molecule has 1 aliphatic carbocycles. The molecule has 1 aliphatic rings. The van der Waals surface area contributed by atoms with Gasteiger partial charge in [-0.05, 0) is 37.0 Å². The predicted octanol–water partition coefficient (Wildman–Crippen LogP) is 2.15. The molecule has 1 saturated carbocycles. The summed E-state index contributed by atoms with van der Waals surface area (Å²) in [7, 11) is 0. The van der Waals surface area contributed by atoms with E-state index in [0.29, 0.717) is 12.1 Å². The fourth-order valence-electron chi connectivity index (χ4n) is 1.90. The van der Waals surface area contributed by atoms with Gasteiger partial charge >= 0.3 is 0 Å². The van der Waals surface area contributed by atoms with Gasteiger partial charge in [0.25, 0.3) is 0 Å². The van der Waals surface area contributed by atoms with Crippen LogP contribution < -0.4 is 11.1 Å². The quantitative estimate of drug-likeness (QED) is 0.766. The molecule has 0 bridgehead atoms. The molecule has 0 atom stereocenters. The summed E-state index contributed by atoms with van der Waals surface area (Å²) < 4.78 is 0. The lowest BCUT2D eigenvalue weighted by Crippen LogP contribution is -2.44. The fourth-order valence-corrected chi connectivity index (χ4v) is 1.90. The molecule has 76 valence electrons. The van der Waals surface area contributed by atoms with Crippen LogP contribution in [0.1, 0.15) is 25.3 Å². The Labute approximate surface area is 85.5 Å². The topological polar surface area (TPSA) is 38.0 Å². The summed E-state index contributed by atoms with van der Waals surface area (Å²) in [6.07, 6.45) is 3.31. The van der Waals surface area contributed by atoms with Crippen molar-refractivity contribution >= 4 is 5.69 Å². The summed E-state index contributed by atoms with van der Waals surface area (Å²) in [5.41, 5.74) is 8.36. The van der Waals surface area contributed by atoms with E-state index < -0.39 is 0 Å². The van der Waals surface area contributed by atoms with Gasteiger partial charge in [0, 0.05) is 17.8 Å². The van der Waals surface area contributed by atoms with Crippen LogP contribution in [-0.4, -0.2) is 12.1 Å². The van der Waals surface area contributed by atoms with Gasteiger partial charge in [0.1, 0.15) is 0 Å². The molecule has 2 rings (SSSR count). The largest absolute Gasteiger partial charge is 0.382 e. The third kappa shape index (κ3) is 2.07. The molecule has 14 heavy (non-hydrogen) atoms. The monoisotopic (exact) mass is 190 g/mol. The summed E-state index contributed by atoms with van der Waals surface area (Å²) in [6.45, 7) is 2.18. The van der Waals surface area contributed by atoms with Gasteiger partial charge < -0.3 is 11.1 Å². The van der Waals surface area contributed by atoms with Gasteiger partial charge in [-0.1, -0.05) is 19.1 Å². The molecule has 0 radical (unpaired) electrons. The predicted molar refractivity (Wildman–Crippen MR) is 60.4 cm³/mol. The highest BCUT2D eigenvalue weighted by Gasteiger charge is 2.25. The molecule has 0 aliphatic heterocycles. The zero-order valence-corrected chi connectivity index (χ0v) is 8.66. The number of hydrogen-bond donors (Lipinski definition) is 2. The summed E-state index contributed by atoms with van der Waals surface area (Å²) in [4.78, 5) is 0. The molecule has 0 aromatic heterocycles. The van der Waals surface area contributed by atoms with Crippen LogP contribution in [0, 0.1) is 0 Å². The van der Waals surface area contributed by atoms with Crippen molar-refractivity contribution in [3.63, 3.8) is 0 Å². The zero-order chi connectivity index (χ0) is 9.97. The van der Waals surface area contributed by atoms with Crippen LogP contribution >= 0.6 is 0 Å². The maximum absolute atomic E-state index is 5.74. The van der Waals surface area contributed by atoms with Crippen LogP contribution in [0.15, 0.2) is 24.3 Å². The van der Waals surface area contributed by atoms with Gasteiger partial charge in [-0.2, -0.15) is 0 Å². The van der Waals surface area contributed by atoms with Crippen LogP contribution in [0.25, 0.3) is 0 Å². The Kier molecular flexibility index (Phi) is 2.73. The Morgan fingerprint density at radius 3 is 2.86 bits per heavy atom. The molecule has 0 spiro atoms. The number of aryl methyl sites for hydroxylation is 1. The fraction of sp³-hybridized carbons (Fsp3) is 0.500. The minimum atomic E-state index is 0.418. The highest BCUT2D eigenvalue weighted by molar-refractivity contribution is 5.47. The zero-order valence-electron chi connectivity index (χ0n) is 8.66. The van der Waals surface area contributed by atoms with Crippen molar-refractivity contribution in [3.8, 4) is 0 Å². The van der Waals surface area contributed by atoms with Crippen molar-refractivity contribution in [2.24, 2.45) is 5.73 Å². The summed E-state index contributed by atoms with van der Waals surface area (Å²) in [5, 5.41) is 3.50. The second kappa shape index (κ2) is 4.01. The lowest BCUT2D eigenvalue weighted by atomic mass is 9.87. The normalized spacial score (nSPS) is 25.6. The standard InChI is InChI=1S/C12H18N2/c1-2-9-4-3-5-11(6-9)14-12-7-10(13)8-12/h3-6,10,12,14H,2,7-8,13H2,1H3. The maximum atomic E-state index is 5.74. The van der Waals surface area contributed by atoms with Crippen molar-refractivity contribution in [2.45, 2.75) is 38.3 Å². The summed E-state index contributed by atoms with van der Waals surface area (Å²) in [5.74, 6) is 0. The van der Waals surface area contributed by atoms with Gasteiger partial charge in [0.05, 0.1) is 0 Å². The van der Waals surface area contributed by atoms with E-state index in [1.54, 1.807) is 0 Å². The SMILES string of the molecule is CCc1cccc(NC2CC(N)C2)c1. The second-order valence-electron chi connectivity index (χ2n) is 4.13. The Morgan fingerprint density at radius 1 is 1.43 bits per heavy atom. The van der Waals surface area contributed by atoms with Gasteiger partial charge in [0.2, 0.25) is 0 Å². The van der Waals surface area contributed by atoms with E-state index in [4.69, 9.17) is 5.73 Å². The number of nitrogens with two attached hydrogens (primary N) is 1. The van der Waals surface area contributed by atoms with Crippen molar-refractivity contribution in [3.05, 3.63) is 29.8 Å². The van der Waals surface area contributed by atoms with E-state index in [9.17, 15) is 0 Å². The Morgan fingerprint density at radius 2 is 2.21 bits per heavy atom. The smallest absolute Gasteiger partial charge is 0.0345 e. The van der Waals surface area contributed by atoms with Gasteiger partial charge in [0.15, 0.2) is 0 Å². The van der Waals surface area contributed by atoms with E-state index in [2.05, 4.69) is 36.5 Å². The Balaban J connectivity index is 1.95. The van der Waals surface area contributed by atoms with Gasteiger partial charge in [-0.15, -0.1) is 0 Å². The average Bonchev–Trinajstić information content (AvgIpc) is 2.16. The van der Waals surface area contributed by atoms with Crippen LogP contribution in [0.2, 0.25) is 0 Å². The van der Waals surface area contributed by atoms with Crippen LogP contribution in [-0.2, 0) is 6.42 Å². The first-order valence-corrected chi connectivity index (χ1v) is 5.39. The molecular formula is C12H18N2. The molecule has 0 amide bonds. The molecule has 1 aromatic carbocycles. The molecule has 1 fully saturated rings. The molecule has 3 N–H and O–H groups in total. The maximum Gasteiger partial charge on any atom is 0.0345 e. The van der Waals surface area contributed by atoms with Gasteiger partial charge in [-0.3, -0.25) is 0 Å². The Bertz CT molecular complexity index is 303. The van der Waals surface area contributed by atoms with E-state index in [1.807, 2.05) is 0 Å². The highest BCUT2D eigenvalue weighted by atomic mass is 15.0. The average molecular weight is 190 g/mol. The number of hydrogen-bond acceptors (Lipinski definition) is 2. The molecule has 2 heteroatoms. The third-order valence-corrected chi connectivity index (χ3v) is 2.88. The van der Waals surface area contributed by atoms with Crippen LogP contribution in [0.5, 0.6) is 0 Å². The molecule has 0 saturated heterocycles. The third-order valence-electron chi connectivity index (χ3n) is 2.88. The number of anilines is 1. The van der Waals surface area contributed by atoms with Crippen molar-refractivity contribution in [2.75, 3.05) is 5.32 Å². The van der Waals surface area contributed by atoms with Crippen molar-refractivity contribution < 1.29 is 0 Å². The minimum absolute atomic E-state index is 0.418. The molecular weight excluding hydrogens is 172 g/mol. The first kappa shape index (κ1) is 9.53. The number of benzene rings is 1. The number of rotatable bonds is 3. The summed E-state index contributed by atoms with van der Waals surface area (Å²) in [6, 6.07) is 9.64. The van der Waals surface area contributed by atoms with E-state index in [-0.39, 0.29) is 0 Å². The molecule has 0 unspecified atom stereocenters.